The van der Waals surface area contributed by atoms with E-state index in [-0.39, 0.29) is 18.1 Å². The highest BCUT2D eigenvalue weighted by Crippen LogP contribution is 2.22. The van der Waals surface area contributed by atoms with Gasteiger partial charge in [0.25, 0.3) is 5.69 Å². The molecule has 0 saturated carbocycles. The number of hydrogen-bond donors (Lipinski definition) is 2. The van der Waals surface area contributed by atoms with Crippen LogP contribution < -0.4 is 10.6 Å². The van der Waals surface area contributed by atoms with Crippen LogP contribution in [0.4, 0.5) is 11.4 Å². The van der Waals surface area contributed by atoms with Gasteiger partial charge in [0.05, 0.1) is 11.5 Å². The molecule has 21 heavy (non-hydrogen) atoms. The predicted molar refractivity (Wildman–Crippen MR) is 82.3 cm³/mol. The monoisotopic (exact) mass is 294 g/mol. The van der Waals surface area contributed by atoms with Crippen molar-refractivity contribution < 1.29 is 9.72 Å². The van der Waals surface area contributed by atoms with E-state index in [0.717, 1.165) is 17.7 Å². The minimum Gasteiger partial charge on any atom is -0.388 e. The summed E-state index contributed by atoms with van der Waals surface area (Å²) < 4.78 is 0. The van der Waals surface area contributed by atoms with Crippen LogP contribution in [0, 0.1) is 10.1 Å². The first-order valence-corrected chi connectivity index (χ1v) is 6.88. The van der Waals surface area contributed by atoms with Crippen molar-refractivity contribution in [3.05, 3.63) is 33.9 Å². The molecule has 1 amide bonds. The quantitative estimate of drug-likeness (QED) is 0.561. The Hall–Kier alpha value is -2.15. The Bertz CT molecular complexity index is 505. The molecule has 0 unspecified atom stereocenters. The number of nitrogens with one attached hydrogen (secondary N) is 2. The molecule has 0 aliphatic rings. The molecule has 0 saturated heterocycles. The molecule has 1 aromatic rings. The third-order valence-corrected chi connectivity index (χ3v) is 2.99. The normalized spacial score (nSPS) is 10.5. The molecule has 0 heterocycles. The Morgan fingerprint density at radius 2 is 2.14 bits per heavy atom. The van der Waals surface area contributed by atoms with Crippen LogP contribution in [-0.4, -0.2) is 42.9 Å². The highest BCUT2D eigenvalue weighted by atomic mass is 16.6. The van der Waals surface area contributed by atoms with Gasteiger partial charge in [0.2, 0.25) is 5.91 Å². The van der Waals surface area contributed by atoms with Gasteiger partial charge in [-0.2, -0.15) is 0 Å². The third-order valence-electron chi connectivity index (χ3n) is 2.99. The van der Waals surface area contributed by atoms with Crippen molar-refractivity contribution in [2.45, 2.75) is 19.9 Å². The number of benzene rings is 1. The Balaban J connectivity index is 2.73. The van der Waals surface area contributed by atoms with Crippen molar-refractivity contribution in [1.29, 1.82) is 0 Å². The smallest absolute Gasteiger partial charge is 0.269 e. The van der Waals surface area contributed by atoms with E-state index in [1.54, 1.807) is 13.1 Å². The topological polar surface area (TPSA) is 87.5 Å². The fourth-order valence-electron chi connectivity index (χ4n) is 1.98. The summed E-state index contributed by atoms with van der Waals surface area (Å²) in [6.45, 7) is 3.36. The molecule has 7 nitrogen and oxygen atoms in total. The molecule has 0 aliphatic carbocycles. The highest BCUT2D eigenvalue weighted by Gasteiger charge is 2.13. The van der Waals surface area contributed by atoms with Crippen LogP contribution in [-0.2, 0) is 11.3 Å². The fourth-order valence-corrected chi connectivity index (χ4v) is 1.98. The lowest BCUT2D eigenvalue weighted by atomic mass is 10.1. The van der Waals surface area contributed by atoms with E-state index in [1.807, 2.05) is 18.9 Å². The summed E-state index contributed by atoms with van der Waals surface area (Å²) in [5.74, 6) is -0.0456. The summed E-state index contributed by atoms with van der Waals surface area (Å²) >= 11 is 0. The molecule has 0 radical (unpaired) electrons. The summed E-state index contributed by atoms with van der Waals surface area (Å²) in [4.78, 5) is 23.9. The van der Waals surface area contributed by atoms with Crippen LogP contribution in [0.25, 0.3) is 0 Å². The summed E-state index contributed by atoms with van der Waals surface area (Å²) in [6.07, 6.45) is 0.893. The Kier molecular flexibility index (Phi) is 6.61. The minimum atomic E-state index is -0.420. The Morgan fingerprint density at radius 1 is 1.43 bits per heavy atom. The number of carbonyl (C=O) groups is 1. The van der Waals surface area contributed by atoms with E-state index in [4.69, 9.17) is 0 Å². The Morgan fingerprint density at radius 3 is 2.71 bits per heavy atom. The summed E-state index contributed by atoms with van der Waals surface area (Å²) in [5, 5.41) is 16.6. The second-order valence-corrected chi connectivity index (χ2v) is 4.87. The van der Waals surface area contributed by atoms with E-state index in [9.17, 15) is 14.9 Å². The van der Waals surface area contributed by atoms with E-state index in [2.05, 4.69) is 10.6 Å². The third kappa shape index (κ3) is 5.39. The molecule has 116 valence electrons. The standard InChI is InChI=1S/C14H22N4O3/c1-4-7-16-14(19)10-17(3)9-11-8-12(18(20)21)5-6-13(11)15-2/h5-6,8,15H,4,7,9-10H2,1-3H3,(H,16,19). The molecule has 0 fully saturated rings. The molecule has 0 spiro atoms. The zero-order valence-corrected chi connectivity index (χ0v) is 12.7. The maximum absolute atomic E-state index is 11.7. The van der Waals surface area contributed by atoms with Gasteiger partial charge in [-0.05, 0) is 25.1 Å². The molecular weight excluding hydrogens is 272 g/mol. The zero-order chi connectivity index (χ0) is 15.8. The number of nitro benzene ring substituents is 1. The van der Waals surface area contributed by atoms with Crippen molar-refractivity contribution in [2.75, 3.05) is 32.5 Å². The molecule has 7 heteroatoms. The number of non-ortho nitro benzene ring substituents is 1. The lowest BCUT2D eigenvalue weighted by molar-refractivity contribution is -0.384. The molecule has 2 N–H and O–H groups in total. The number of rotatable bonds is 8. The van der Waals surface area contributed by atoms with Crippen LogP contribution in [0.1, 0.15) is 18.9 Å². The first-order valence-electron chi connectivity index (χ1n) is 6.88. The van der Waals surface area contributed by atoms with Crippen LogP contribution in [0.15, 0.2) is 18.2 Å². The minimum absolute atomic E-state index is 0.0456. The van der Waals surface area contributed by atoms with E-state index in [0.29, 0.717) is 13.1 Å². The number of anilines is 1. The second kappa shape index (κ2) is 8.21. The predicted octanol–water partition coefficient (Wildman–Crippen LogP) is 1.59. The van der Waals surface area contributed by atoms with Gasteiger partial charge >= 0.3 is 0 Å². The van der Waals surface area contributed by atoms with Gasteiger partial charge in [-0.15, -0.1) is 0 Å². The molecule has 0 aliphatic heterocycles. The lowest BCUT2D eigenvalue weighted by Crippen LogP contribution is -2.35. The van der Waals surface area contributed by atoms with Crippen molar-refractivity contribution in [3.63, 3.8) is 0 Å². The zero-order valence-electron chi connectivity index (χ0n) is 12.7. The molecule has 1 aromatic carbocycles. The highest BCUT2D eigenvalue weighted by molar-refractivity contribution is 5.77. The molecule has 0 aromatic heterocycles. The van der Waals surface area contributed by atoms with E-state index < -0.39 is 4.92 Å². The number of hydrogen-bond acceptors (Lipinski definition) is 5. The number of amides is 1. The van der Waals surface area contributed by atoms with Crippen LogP contribution >= 0.6 is 0 Å². The molecular formula is C14H22N4O3. The average Bonchev–Trinajstić information content (AvgIpc) is 2.44. The summed E-state index contributed by atoms with van der Waals surface area (Å²) in [5.41, 5.74) is 1.66. The van der Waals surface area contributed by atoms with Crippen LogP contribution in [0.3, 0.4) is 0 Å². The maximum atomic E-state index is 11.7. The SMILES string of the molecule is CCCNC(=O)CN(C)Cc1cc([N+](=O)[O-])ccc1NC. The number of likely N-dealkylation sites (N-methyl/N-ethyl adjacent to an activating group) is 1. The Labute approximate surface area is 124 Å². The van der Waals surface area contributed by atoms with E-state index in [1.165, 1.54) is 12.1 Å². The van der Waals surface area contributed by atoms with E-state index >= 15 is 0 Å². The van der Waals surface area contributed by atoms with Crippen LogP contribution in [0.5, 0.6) is 0 Å². The van der Waals surface area contributed by atoms with Crippen molar-refractivity contribution >= 4 is 17.3 Å². The van der Waals surface area contributed by atoms with Gasteiger partial charge in [-0.1, -0.05) is 6.92 Å². The first kappa shape index (κ1) is 16.9. The average molecular weight is 294 g/mol. The molecule has 0 bridgehead atoms. The van der Waals surface area contributed by atoms with Crippen molar-refractivity contribution in [2.24, 2.45) is 0 Å². The number of nitrogens with zero attached hydrogens (tertiary/aromatic N) is 2. The lowest BCUT2D eigenvalue weighted by Gasteiger charge is -2.18. The molecule has 1 rings (SSSR count). The van der Waals surface area contributed by atoms with Crippen LogP contribution in [0.2, 0.25) is 0 Å². The van der Waals surface area contributed by atoms with Gasteiger partial charge in [0.15, 0.2) is 0 Å². The van der Waals surface area contributed by atoms with Crippen molar-refractivity contribution in [1.82, 2.24) is 10.2 Å². The first-order chi connectivity index (χ1) is 9.97. The summed E-state index contributed by atoms with van der Waals surface area (Å²) in [6, 6.07) is 4.67. The van der Waals surface area contributed by atoms with Gasteiger partial charge in [0.1, 0.15) is 0 Å². The fraction of sp³-hybridized carbons (Fsp3) is 0.500. The summed E-state index contributed by atoms with van der Waals surface area (Å²) in [7, 11) is 3.57. The van der Waals surface area contributed by atoms with Gasteiger partial charge < -0.3 is 10.6 Å². The number of carbonyl (C=O) groups excluding carboxylic acids is 1. The van der Waals surface area contributed by atoms with Gasteiger partial charge in [-0.25, -0.2) is 0 Å². The van der Waals surface area contributed by atoms with Gasteiger partial charge in [-0.3, -0.25) is 19.8 Å². The second-order valence-electron chi connectivity index (χ2n) is 4.87. The maximum Gasteiger partial charge on any atom is 0.269 e. The van der Waals surface area contributed by atoms with Crippen molar-refractivity contribution in [3.8, 4) is 0 Å². The number of nitro groups is 1. The largest absolute Gasteiger partial charge is 0.388 e. The van der Waals surface area contributed by atoms with Gasteiger partial charge in [0, 0.05) is 38.0 Å². The molecule has 0 atom stereocenters.